The fraction of sp³-hybridized carbons (Fsp3) is 0.368. The summed E-state index contributed by atoms with van der Waals surface area (Å²) in [6.07, 6.45) is 0.710. The van der Waals surface area contributed by atoms with Crippen molar-refractivity contribution in [1.29, 1.82) is 0 Å². The number of rotatable bonds is 5. The number of ether oxygens (including phenoxy) is 2. The molecule has 2 aromatic rings. The summed E-state index contributed by atoms with van der Waals surface area (Å²) < 4.78 is 10.6. The second kappa shape index (κ2) is 7.01. The summed E-state index contributed by atoms with van der Waals surface area (Å²) in [7, 11) is 3.17. The van der Waals surface area contributed by atoms with E-state index >= 15 is 0 Å². The first kappa shape index (κ1) is 17.1. The zero-order valence-corrected chi connectivity index (χ0v) is 14.7. The minimum Gasteiger partial charge on any atom is -0.493 e. The van der Waals surface area contributed by atoms with Gasteiger partial charge < -0.3 is 14.6 Å². The van der Waals surface area contributed by atoms with E-state index in [-0.39, 0.29) is 0 Å². The molecule has 1 unspecified atom stereocenters. The summed E-state index contributed by atoms with van der Waals surface area (Å²) in [5, 5.41) is 11.5. The van der Waals surface area contributed by atoms with E-state index in [4.69, 9.17) is 21.1 Å². The van der Waals surface area contributed by atoms with Crippen LogP contribution in [0.25, 0.3) is 0 Å². The quantitative estimate of drug-likeness (QED) is 0.899. The first-order valence-electron chi connectivity index (χ1n) is 7.97. The van der Waals surface area contributed by atoms with Gasteiger partial charge in [-0.25, -0.2) is 0 Å². The fourth-order valence-corrected chi connectivity index (χ4v) is 3.58. The van der Waals surface area contributed by atoms with Crippen molar-refractivity contribution in [2.45, 2.75) is 18.6 Å². The van der Waals surface area contributed by atoms with Crippen molar-refractivity contribution >= 4 is 11.6 Å². The highest BCUT2D eigenvalue weighted by atomic mass is 35.5. The zero-order chi connectivity index (χ0) is 17.2. The monoisotopic (exact) mass is 347 g/mol. The Labute approximate surface area is 147 Å². The summed E-state index contributed by atoms with van der Waals surface area (Å²) in [6.45, 7) is 2.06. The van der Waals surface area contributed by atoms with E-state index < -0.39 is 5.60 Å². The molecule has 0 amide bonds. The van der Waals surface area contributed by atoms with Crippen molar-refractivity contribution < 1.29 is 14.6 Å². The van der Waals surface area contributed by atoms with Crippen LogP contribution in [0.2, 0.25) is 5.02 Å². The van der Waals surface area contributed by atoms with Gasteiger partial charge in [-0.15, -0.1) is 0 Å². The Hall–Kier alpha value is -1.75. The van der Waals surface area contributed by atoms with Crippen LogP contribution in [0.1, 0.15) is 17.5 Å². The number of β-amino-alcohol motifs (C(OH)–C–C–N with tert-alkyl or cyclic N) is 1. The Kier molecular flexibility index (Phi) is 4.99. The van der Waals surface area contributed by atoms with Gasteiger partial charge in [0.05, 0.1) is 19.2 Å². The Morgan fingerprint density at radius 1 is 1.12 bits per heavy atom. The zero-order valence-electron chi connectivity index (χ0n) is 14.0. The number of benzene rings is 2. The molecule has 1 saturated heterocycles. The third-order valence-electron chi connectivity index (χ3n) is 4.60. The summed E-state index contributed by atoms with van der Waals surface area (Å²) >= 11 is 6.47. The molecule has 0 bridgehead atoms. The number of hydrogen-bond donors (Lipinski definition) is 1. The lowest BCUT2D eigenvalue weighted by molar-refractivity contribution is 0.0453. The smallest absolute Gasteiger partial charge is 0.179 e. The molecule has 1 atom stereocenters. The van der Waals surface area contributed by atoms with Crippen LogP contribution in [0.5, 0.6) is 11.5 Å². The Morgan fingerprint density at radius 3 is 2.54 bits per heavy atom. The molecule has 0 spiro atoms. The molecule has 1 fully saturated rings. The summed E-state index contributed by atoms with van der Waals surface area (Å²) in [6, 6.07) is 13.6. The van der Waals surface area contributed by atoms with Gasteiger partial charge in [-0.05, 0) is 23.6 Å². The number of halogens is 1. The van der Waals surface area contributed by atoms with Gasteiger partial charge >= 0.3 is 0 Å². The van der Waals surface area contributed by atoms with E-state index in [0.717, 1.165) is 17.7 Å². The van der Waals surface area contributed by atoms with Crippen molar-refractivity contribution in [2.24, 2.45) is 0 Å². The number of aliphatic hydroxyl groups is 1. The molecular formula is C19H22ClNO3. The Balaban J connectivity index is 1.77. The van der Waals surface area contributed by atoms with Crippen LogP contribution in [-0.2, 0) is 12.1 Å². The molecule has 0 aromatic heterocycles. The van der Waals surface area contributed by atoms with E-state index in [1.807, 2.05) is 42.5 Å². The maximum absolute atomic E-state index is 10.9. The van der Waals surface area contributed by atoms with Crippen molar-refractivity contribution in [2.75, 3.05) is 27.3 Å². The summed E-state index contributed by atoms with van der Waals surface area (Å²) in [5.74, 6) is 1.17. The van der Waals surface area contributed by atoms with Crippen molar-refractivity contribution in [3.8, 4) is 11.5 Å². The van der Waals surface area contributed by atoms with E-state index in [0.29, 0.717) is 36.0 Å². The lowest BCUT2D eigenvalue weighted by atomic mass is 9.93. The number of likely N-dealkylation sites (tertiary alicyclic amines) is 1. The third kappa shape index (κ3) is 3.22. The second-order valence-corrected chi connectivity index (χ2v) is 6.51. The topological polar surface area (TPSA) is 41.9 Å². The minimum absolute atomic E-state index is 0.550. The van der Waals surface area contributed by atoms with Crippen LogP contribution in [0.3, 0.4) is 0 Å². The van der Waals surface area contributed by atoms with Crippen LogP contribution in [0, 0.1) is 0 Å². The molecule has 1 aliphatic heterocycles. The van der Waals surface area contributed by atoms with E-state index in [1.165, 1.54) is 0 Å². The normalized spacial score (nSPS) is 21.0. The summed E-state index contributed by atoms with van der Waals surface area (Å²) in [4.78, 5) is 2.21. The highest BCUT2D eigenvalue weighted by Gasteiger charge is 2.37. The van der Waals surface area contributed by atoms with E-state index in [1.54, 1.807) is 14.2 Å². The first-order valence-corrected chi connectivity index (χ1v) is 8.35. The van der Waals surface area contributed by atoms with E-state index in [9.17, 15) is 5.11 Å². The largest absolute Gasteiger partial charge is 0.493 e. The molecule has 128 valence electrons. The number of methoxy groups -OCH3 is 2. The predicted molar refractivity (Wildman–Crippen MR) is 94.8 cm³/mol. The first-order chi connectivity index (χ1) is 11.6. The lowest BCUT2D eigenvalue weighted by Gasteiger charge is -2.24. The molecule has 4 nitrogen and oxygen atoms in total. The van der Waals surface area contributed by atoms with Crippen LogP contribution in [-0.4, -0.2) is 37.3 Å². The Bertz CT molecular complexity index is 707. The second-order valence-electron chi connectivity index (χ2n) is 6.13. The molecule has 1 aliphatic rings. The van der Waals surface area contributed by atoms with E-state index in [2.05, 4.69) is 4.90 Å². The molecule has 0 radical (unpaired) electrons. The van der Waals surface area contributed by atoms with Crippen LogP contribution in [0.15, 0.2) is 42.5 Å². The summed E-state index contributed by atoms with van der Waals surface area (Å²) in [5.41, 5.74) is 1.13. The minimum atomic E-state index is -0.801. The average molecular weight is 348 g/mol. The molecule has 0 saturated carbocycles. The van der Waals surface area contributed by atoms with Gasteiger partial charge in [-0.2, -0.15) is 0 Å². The maximum atomic E-state index is 10.9. The third-order valence-corrected chi connectivity index (χ3v) is 5.01. The maximum Gasteiger partial charge on any atom is 0.179 e. The molecule has 24 heavy (non-hydrogen) atoms. The fourth-order valence-electron chi connectivity index (χ4n) is 3.28. The van der Waals surface area contributed by atoms with Crippen LogP contribution >= 0.6 is 11.6 Å². The van der Waals surface area contributed by atoms with Crippen LogP contribution in [0.4, 0.5) is 0 Å². The SMILES string of the molecule is COc1ccc(CN2CCC(O)(c3ccccc3)C2)c(Cl)c1OC. The predicted octanol–water partition coefficient (Wildman–Crippen LogP) is 3.45. The molecular weight excluding hydrogens is 326 g/mol. The molecule has 1 N–H and O–H groups in total. The van der Waals surface area contributed by atoms with Crippen molar-refractivity contribution in [1.82, 2.24) is 4.90 Å². The van der Waals surface area contributed by atoms with Gasteiger partial charge in [-0.3, -0.25) is 4.90 Å². The van der Waals surface area contributed by atoms with Gasteiger partial charge in [0.2, 0.25) is 0 Å². The number of hydrogen-bond acceptors (Lipinski definition) is 4. The standard InChI is InChI=1S/C19H22ClNO3/c1-23-16-9-8-14(17(20)18(16)24-2)12-21-11-10-19(22,13-21)15-6-4-3-5-7-15/h3-9,22H,10-13H2,1-2H3. The Morgan fingerprint density at radius 2 is 1.88 bits per heavy atom. The van der Waals surface area contributed by atoms with Gasteiger partial charge in [0, 0.05) is 19.6 Å². The average Bonchev–Trinajstić information content (AvgIpc) is 2.99. The lowest BCUT2D eigenvalue weighted by Crippen LogP contribution is -2.30. The van der Waals surface area contributed by atoms with Gasteiger partial charge in [0.1, 0.15) is 5.60 Å². The van der Waals surface area contributed by atoms with Crippen molar-refractivity contribution in [3.05, 3.63) is 58.6 Å². The molecule has 5 heteroatoms. The van der Waals surface area contributed by atoms with Gasteiger partial charge in [0.25, 0.3) is 0 Å². The number of nitrogens with zero attached hydrogens (tertiary/aromatic N) is 1. The van der Waals surface area contributed by atoms with Gasteiger partial charge in [0.15, 0.2) is 11.5 Å². The highest BCUT2D eigenvalue weighted by molar-refractivity contribution is 6.33. The molecule has 3 rings (SSSR count). The van der Waals surface area contributed by atoms with Gasteiger partial charge in [-0.1, -0.05) is 48.0 Å². The van der Waals surface area contributed by atoms with Crippen LogP contribution < -0.4 is 9.47 Å². The molecule has 0 aliphatic carbocycles. The molecule has 2 aromatic carbocycles. The molecule has 1 heterocycles. The van der Waals surface area contributed by atoms with Crippen molar-refractivity contribution in [3.63, 3.8) is 0 Å². The highest BCUT2D eigenvalue weighted by Crippen LogP contribution is 2.39.